The van der Waals surface area contributed by atoms with Gasteiger partial charge >= 0.3 is 0 Å². The Morgan fingerprint density at radius 3 is 2.43 bits per heavy atom. The number of rotatable bonds is 2. The zero-order valence-electron chi connectivity index (χ0n) is 12.4. The van der Waals surface area contributed by atoms with Crippen LogP contribution < -0.4 is 5.32 Å². The molecule has 0 fully saturated rings. The van der Waals surface area contributed by atoms with Crippen molar-refractivity contribution in [3.05, 3.63) is 63.5 Å². The summed E-state index contributed by atoms with van der Waals surface area (Å²) >= 11 is 1.84. The van der Waals surface area contributed by atoms with Crippen LogP contribution in [0.4, 0.5) is 0 Å². The van der Waals surface area contributed by atoms with Crippen LogP contribution in [0, 0.1) is 13.8 Å². The van der Waals surface area contributed by atoms with Gasteiger partial charge in [-0.2, -0.15) is 0 Å². The molecule has 2 nitrogen and oxygen atoms in total. The first-order valence-corrected chi connectivity index (χ1v) is 7.60. The summed E-state index contributed by atoms with van der Waals surface area (Å²) in [4.78, 5) is 7.53. The molecule has 2 aromatic rings. The van der Waals surface area contributed by atoms with Crippen molar-refractivity contribution < 1.29 is 0 Å². The highest BCUT2D eigenvalue weighted by molar-refractivity contribution is 7.12. The van der Waals surface area contributed by atoms with Gasteiger partial charge in [-0.15, -0.1) is 23.7 Å². The topological polar surface area (TPSA) is 24.4 Å². The number of hydrogen-bond acceptors (Lipinski definition) is 3. The number of nitrogens with one attached hydrogen (secondary N) is 1. The third kappa shape index (κ3) is 3.20. The molecule has 1 aromatic carbocycles. The predicted octanol–water partition coefficient (Wildman–Crippen LogP) is 4.89. The van der Waals surface area contributed by atoms with E-state index in [-0.39, 0.29) is 18.4 Å². The number of halogens is 1. The Kier molecular flexibility index (Phi) is 4.86. The summed E-state index contributed by atoms with van der Waals surface area (Å²) in [5.41, 5.74) is 3.78. The Labute approximate surface area is 136 Å². The van der Waals surface area contributed by atoms with Crippen LogP contribution >= 0.6 is 23.7 Å². The van der Waals surface area contributed by atoms with Crippen molar-refractivity contribution in [2.75, 3.05) is 0 Å². The van der Waals surface area contributed by atoms with E-state index in [2.05, 4.69) is 55.7 Å². The van der Waals surface area contributed by atoms with Gasteiger partial charge in [0.15, 0.2) is 0 Å². The van der Waals surface area contributed by atoms with Crippen molar-refractivity contribution in [1.82, 2.24) is 5.32 Å². The minimum atomic E-state index is 0. The van der Waals surface area contributed by atoms with Crippen LogP contribution in [0.1, 0.15) is 33.8 Å². The molecule has 4 heteroatoms. The lowest BCUT2D eigenvalue weighted by Gasteiger charge is -2.23. The van der Waals surface area contributed by atoms with E-state index < -0.39 is 0 Å². The summed E-state index contributed by atoms with van der Waals surface area (Å²) in [7, 11) is 0. The quantitative estimate of drug-likeness (QED) is 0.837. The maximum atomic E-state index is 4.83. The second-order valence-electron chi connectivity index (χ2n) is 5.10. The average Bonchev–Trinajstić information content (AvgIpc) is 2.78. The van der Waals surface area contributed by atoms with Crippen molar-refractivity contribution >= 4 is 35.2 Å². The minimum absolute atomic E-state index is 0. The summed E-state index contributed by atoms with van der Waals surface area (Å²) in [6, 6.07) is 12.8. The van der Waals surface area contributed by atoms with E-state index in [9.17, 15) is 0 Å². The zero-order chi connectivity index (χ0) is 14.1. The molecule has 0 spiro atoms. The normalized spacial score (nSPS) is 17.4. The van der Waals surface area contributed by atoms with Gasteiger partial charge in [-0.1, -0.05) is 30.3 Å². The van der Waals surface area contributed by atoms with E-state index in [0.29, 0.717) is 0 Å². The molecule has 1 unspecified atom stereocenters. The first-order valence-electron chi connectivity index (χ1n) is 6.78. The molecule has 0 saturated carbocycles. The standard InChI is InChI=1S/C17H18N2S.ClH/c1-11-9-15(12(2)20-11)17-16(10-18-13(3)19-17)14-7-5-4-6-8-14;/h4-10,17H,1-3H3,(H,18,19);1H. The van der Waals surface area contributed by atoms with Crippen LogP contribution in [0.15, 0.2) is 47.6 Å². The molecule has 110 valence electrons. The van der Waals surface area contributed by atoms with Gasteiger partial charge in [0, 0.05) is 21.5 Å². The second-order valence-corrected chi connectivity index (χ2v) is 6.56. The Bertz CT molecular complexity index is 686. The van der Waals surface area contributed by atoms with Crippen LogP contribution in [0.2, 0.25) is 0 Å². The number of thiophene rings is 1. The number of benzene rings is 1. The maximum Gasteiger partial charge on any atom is 0.105 e. The van der Waals surface area contributed by atoms with E-state index >= 15 is 0 Å². The van der Waals surface area contributed by atoms with Crippen molar-refractivity contribution in [3.8, 4) is 0 Å². The van der Waals surface area contributed by atoms with Gasteiger partial charge < -0.3 is 5.32 Å². The largest absolute Gasteiger partial charge is 0.350 e. The lowest BCUT2D eigenvalue weighted by Crippen LogP contribution is -2.21. The molecular weight excluding hydrogens is 300 g/mol. The number of aryl methyl sites for hydroxylation is 2. The van der Waals surface area contributed by atoms with Crippen molar-refractivity contribution in [2.24, 2.45) is 4.99 Å². The van der Waals surface area contributed by atoms with Gasteiger partial charge in [-0.3, -0.25) is 4.99 Å². The third-order valence-corrected chi connectivity index (χ3v) is 4.52. The molecule has 3 rings (SSSR count). The lowest BCUT2D eigenvalue weighted by atomic mass is 9.93. The number of amidine groups is 1. The fourth-order valence-corrected chi connectivity index (χ4v) is 3.55. The molecular formula is C17H19ClN2S. The number of nitrogens with zero attached hydrogens (tertiary/aromatic N) is 1. The molecule has 1 N–H and O–H groups in total. The molecule has 0 aliphatic carbocycles. The van der Waals surface area contributed by atoms with Gasteiger partial charge in [0.1, 0.15) is 6.04 Å². The summed E-state index contributed by atoms with van der Waals surface area (Å²) in [5, 5.41) is 3.25. The number of aliphatic imine (C=N–C) groups is 1. The fourth-order valence-electron chi connectivity index (χ4n) is 2.59. The first kappa shape index (κ1) is 15.8. The van der Waals surface area contributed by atoms with Gasteiger partial charge in [0.05, 0.1) is 5.84 Å². The average molecular weight is 319 g/mol. The highest BCUT2D eigenvalue weighted by Gasteiger charge is 2.23. The van der Waals surface area contributed by atoms with Crippen molar-refractivity contribution in [3.63, 3.8) is 0 Å². The highest BCUT2D eigenvalue weighted by atomic mass is 35.5. The second kappa shape index (κ2) is 6.46. The van der Waals surface area contributed by atoms with E-state index in [1.165, 1.54) is 26.5 Å². The summed E-state index contributed by atoms with van der Waals surface area (Å²) in [5.74, 6) is 0.970. The van der Waals surface area contributed by atoms with Crippen LogP contribution in [0.5, 0.6) is 0 Å². The van der Waals surface area contributed by atoms with Gasteiger partial charge in [0.2, 0.25) is 0 Å². The molecule has 21 heavy (non-hydrogen) atoms. The molecule has 1 aliphatic rings. The fraction of sp³-hybridized carbons (Fsp3) is 0.235. The summed E-state index contributed by atoms with van der Waals surface area (Å²) in [6.07, 6.45) is 2.09. The van der Waals surface area contributed by atoms with E-state index in [1.54, 1.807) is 0 Å². The Balaban J connectivity index is 0.00000161. The third-order valence-electron chi connectivity index (χ3n) is 3.53. The Hall–Kier alpha value is -1.58. The van der Waals surface area contributed by atoms with Gasteiger partial charge in [-0.25, -0.2) is 0 Å². The summed E-state index contributed by atoms with van der Waals surface area (Å²) in [6.45, 7) is 6.35. The van der Waals surface area contributed by atoms with E-state index in [1.807, 2.05) is 24.3 Å². The molecule has 0 bridgehead atoms. The van der Waals surface area contributed by atoms with Crippen LogP contribution in [0.25, 0.3) is 5.57 Å². The molecule has 1 atom stereocenters. The minimum Gasteiger partial charge on any atom is -0.350 e. The highest BCUT2D eigenvalue weighted by Crippen LogP contribution is 2.38. The molecule has 0 saturated heterocycles. The van der Waals surface area contributed by atoms with Crippen molar-refractivity contribution in [1.29, 1.82) is 0 Å². The maximum absolute atomic E-state index is 4.83. The van der Waals surface area contributed by atoms with Crippen molar-refractivity contribution in [2.45, 2.75) is 26.8 Å². The zero-order valence-corrected chi connectivity index (χ0v) is 14.0. The van der Waals surface area contributed by atoms with E-state index in [4.69, 9.17) is 4.99 Å². The van der Waals surface area contributed by atoms with E-state index in [0.717, 1.165) is 5.84 Å². The van der Waals surface area contributed by atoms with Crippen LogP contribution in [-0.2, 0) is 0 Å². The number of hydrogen-bond donors (Lipinski definition) is 1. The monoisotopic (exact) mass is 318 g/mol. The Morgan fingerprint density at radius 2 is 1.81 bits per heavy atom. The SMILES string of the molecule is CC1=NC(c2cc(C)sc2C)C(c2ccccc2)=CN1.Cl. The molecule has 0 amide bonds. The molecule has 0 radical (unpaired) electrons. The lowest BCUT2D eigenvalue weighted by molar-refractivity contribution is 0.888. The van der Waals surface area contributed by atoms with Gasteiger partial charge in [-0.05, 0) is 38.0 Å². The summed E-state index contributed by atoms with van der Waals surface area (Å²) < 4.78 is 0. The predicted molar refractivity (Wildman–Crippen MR) is 94.4 cm³/mol. The molecule has 2 heterocycles. The molecule has 1 aromatic heterocycles. The molecule has 1 aliphatic heterocycles. The smallest absolute Gasteiger partial charge is 0.105 e. The van der Waals surface area contributed by atoms with Crippen LogP contribution in [-0.4, -0.2) is 5.84 Å². The first-order chi connectivity index (χ1) is 9.65. The Morgan fingerprint density at radius 1 is 1.10 bits per heavy atom. The van der Waals surface area contributed by atoms with Gasteiger partial charge in [0.25, 0.3) is 0 Å². The van der Waals surface area contributed by atoms with Crippen LogP contribution in [0.3, 0.4) is 0 Å².